The summed E-state index contributed by atoms with van der Waals surface area (Å²) in [6.45, 7) is -0.0412. The summed E-state index contributed by atoms with van der Waals surface area (Å²) in [5.74, 6) is -1.92. The van der Waals surface area contributed by atoms with Crippen molar-refractivity contribution in [2.45, 2.75) is 30.9 Å². The fourth-order valence-corrected chi connectivity index (χ4v) is 2.44. The number of hydrogen-bond acceptors (Lipinski definition) is 4. The normalized spacial score (nSPS) is 12.8. The molecule has 0 fully saturated rings. The molecular formula is C11H15F3N2O3S. The molecule has 0 spiro atoms. The van der Waals surface area contributed by atoms with Crippen LogP contribution in [-0.4, -0.2) is 27.1 Å². The maximum Gasteiger partial charge on any atom is 0.387 e. The summed E-state index contributed by atoms with van der Waals surface area (Å²) in [4.78, 5) is -0.402. The first kappa shape index (κ1) is 16.7. The van der Waals surface area contributed by atoms with Gasteiger partial charge in [-0.25, -0.2) is 17.5 Å². The van der Waals surface area contributed by atoms with E-state index in [-0.39, 0.29) is 6.54 Å². The number of benzene rings is 1. The Labute approximate surface area is 115 Å². The molecule has 0 aromatic heterocycles. The predicted octanol–water partition coefficient (Wildman–Crippen LogP) is 1.44. The second kappa shape index (κ2) is 5.98. The van der Waals surface area contributed by atoms with Crippen LogP contribution in [0.2, 0.25) is 0 Å². The van der Waals surface area contributed by atoms with Gasteiger partial charge < -0.3 is 10.5 Å². The number of nitrogens with two attached hydrogens (primary N) is 1. The SMILES string of the molecule is CC(C)(N)CNS(=O)(=O)c1ccc(OC(F)F)c(F)c1. The lowest BCUT2D eigenvalue weighted by molar-refractivity contribution is -0.0522. The van der Waals surface area contributed by atoms with E-state index in [2.05, 4.69) is 9.46 Å². The molecule has 1 rings (SSSR count). The molecule has 1 aromatic carbocycles. The van der Waals surface area contributed by atoms with E-state index in [1.54, 1.807) is 13.8 Å². The minimum Gasteiger partial charge on any atom is -0.432 e. The molecular weight excluding hydrogens is 297 g/mol. The highest BCUT2D eigenvalue weighted by Gasteiger charge is 2.20. The Morgan fingerprint density at radius 2 is 2.00 bits per heavy atom. The minimum atomic E-state index is -3.97. The zero-order chi connectivity index (χ0) is 15.6. The largest absolute Gasteiger partial charge is 0.432 e. The van der Waals surface area contributed by atoms with E-state index in [0.29, 0.717) is 6.07 Å². The number of nitrogens with one attached hydrogen (secondary N) is 1. The fraction of sp³-hybridized carbons (Fsp3) is 0.455. The number of rotatable bonds is 6. The van der Waals surface area contributed by atoms with E-state index < -0.39 is 38.6 Å². The highest BCUT2D eigenvalue weighted by Crippen LogP contribution is 2.22. The molecule has 0 atom stereocenters. The van der Waals surface area contributed by atoms with Gasteiger partial charge in [-0.2, -0.15) is 8.78 Å². The van der Waals surface area contributed by atoms with Gasteiger partial charge in [0.15, 0.2) is 11.6 Å². The molecule has 9 heteroatoms. The molecule has 114 valence electrons. The van der Waals surface area contributed by atoms with Crippen LogP contribution < -0.4 is 15.2 Å². The lowest BCUT2D eigenvalue weighted by Gasteiger charge is -2.19. The molecule has 0 amide bonds. The number of alkyl halides is 2. The molecule has 0 aliphatic carbocycles. The van der Waals surface area contributed by atoms with Crippen LogP contribution in [0.5, 0.6) is 5.75 Å². The number of ether oxygens (including phenoxy) is 1. The zero-order valence-corrected chi connectivity index (χ0v) is 11.7. The van der Waals surface area contributed by atoms with Crippen molar-refractivity contribution >= 4 is 10.0 Å². The third-order valence-electron chi connectivity index (χ3n) is 2.15. The molecule has 0 aliphatic heterocycles. The lowest BCUT2D eigenvalue weighted by Crippen LogP contribution is -2.45. The van der Waals surface area contributed by atoms with Gasteiger partial charge in [0.1, 0.15) is 0 Å². The summed E-state index contributed by atoms with van der Waals surface area (Å²) in [5.41, 5.74) is 4.84. The Kier molecular flexibility index (Phi) is 5.00. The average molecular weight is 312 g/mol. The molecule has 0 radical (unpaired) electrons. The molecule has 3 N–H and O–H groups in total. The third kappa shape index (κ3) is 4.99. The Morgan fingerprint density at radius 1 is 1.40 bits per heavy atom. The summed E-state index contributed by atoms with van der Waals surface area (Å²) in [6.07, 6.45) is 0. The van der Waals surface area contributed by atoms with Crippen LogP contribution in [0.4, 0.5) is 13.2 Å². The standard InChI is InChI=1S/C11H15F3N2O3S/c1-11(2,15)6-16-20(17,18)7-3-4-9(8(12)5-7)19-10(13)14/h3-5,10,16H,6,15H2,1-2H3. The van der Waals surface area contributed by atoms with Crippen LogP contribution in [0.1, 0.15) is 13.8 Å². The smallest absolute Gasteiger partial charge is 0.387 e. The molecule has 0 unspecified atom stereocenters. The van der Waals surface area contributed by atoms with Crippen molar-refractivity contribution in [3.63, 3.8) is 0 Å². The Hall–Kier alpha value is -1.32. The van der Waals surface area contributed by atoms with Gasteiger partial charge in [-0.15, -0.1) is 0 Å². The molecule has 20 heavy (non-hydrogen) atoms. The summed E-state index contributed by atoms with van der Waals surface area (Å²) in [5, 5.41) is 0. The molecule has 1 aromatic rings. The van der Waals surface area contributed by atoms with Gasteiger partial charge in [0, 0.05) is 12.1 Å². The Bertz CT molecular complexity index is 571. The van der Waals surface area contributed by atoms with Gasteiger partial charge in [0.25, 0.3) is 0 Å². The fourth-order valence-electron chi connectivity index (χ4n) is 1.20. The number of hydrogen-bond donors (Lipinski definition) is 2. The van der Waals surface area contributed by atoms with Gasteiger partial charge in [0.2, 0.25) is 10.0 Å². The summed E-state index contributed by atoms with van der Waals surface area (Å²) in [6, 6.07) is 2.39. The van der Waals surface area contributed by atoms with Crippen molar-refractivity contribution in [1.29, 1.82) is 0 Å². The molecule has 0 saturated carbocycles. The van der Waals surface area contributed by atoms with Crippen molar-refractivity contribution in [2.75, 3.05) is 6.54 Å². The number of sulfonamides is 1. The highest BCUT2D eigenvalue weighted by atomic mass is 32.2. The van der Waals surface area contributed by atoms with Gasteiger partial charge in [-0.1, -0.05) is 0 Å². The van der Waals surface area contributed by atoms with Crippen molar-refractivity contribution in [2.24, 2.45) is 5.73 Å². The quantitative estimate of drug-likeness (QED) is 0.833. The third-order valence-corrected chi connectivity index (χ3v) is 3.55. The molecule has 0 saturated heterocycles. The topological polar surface area (TPSA) is 81.4 Å². The van der Waals surface area contributed by atoms with Crippen molar-refractivity contribution in [1.82, 2.24) is 4.72 Å². The van der Waals surface area contributed by atoms with Crippen LogP contribution in [0, 0.1) is 5.82 Å². The summed E-state index contributed by atoms with van der Waals surface area (Å²) < 4.78 is 67.1. The van der Waals surface area contributed by atoms with Gasteiger partial charge in [0.05, 0.1) is 4.90 Å². The summed E-state index contributed by atoms with van der Waals surface area (Å²) >= 11 is 0. The second-order valence-corrected chi connectivity index (χ2v) is 6.55. The van der Waals surface area contributed by atoms with Crippen LogP contribution in [0.3, 0.4) is 0 Å². The molecule has 0 aliphatic rings. The van der Waals surface area contributed by atoms with E-state index in [9.17, 15) is 21.6 Å². The van der Waals surface area contributed by atoms with Crippen LogP contribution >= 0.6 is 0 Å². The maximum absolute atomic E-state index is 13.4. The van der Waals surface area contributed by atoms with Crippen molar-refractivity contribution < 1.29 is 26.3 Å². The van der Waals surface area contributed by atoms with E-state index >= 15 is 0 Å². The summed E-state index contributed by atoms with van der Waals surface area (Å²) in [7, 11) is -3.97. The average Bonchev–Trinajstić information content (AvgIpc) is 2.28. The first-order chi connectivity index (χ1) is 9.01. The monoisotopic (exact) mass is 312 g/mol. The maximum atomic E-state index is 13.4. The molecule has 5 nitrogen and oxygen atoms in total. The van der Waals surface area contributed by atoms with Crippen LogP contribution in [-0.2, 0) is 10.0 Å². The van der Waals surface area contributed by atoms with Gasteiger partial charge in [-0.05, 0) is 32.0 Å². The van der Waals surface area contributed by atoms with Gasteiger partial charge >= 0.3 is 6.61 Å². The predicted molar refractivity (Wildman–Crippen MR) is 66.5 cm³/mol. The van der Waals surface area contributed by atoms with E-state index in [0.717, 1.165) is 12.1 Å². The molecule has 0 bridgehead atoms. The Morgan fingerprint density at radius 3 is 2.45 bits per heavy atom. The lowest BCUT2D eigenvalue weighted by atomic mass is 10.1. The van der Waals surface area contributed by atoms with E-state index in [1.165, 1.54) is 0 Å². The molecule has 0 heterocycles. The first-order valence-corrected chi connectivity index (χ1v) is 7.02. The highest BCUT2D eigenvalue weighted by molar-refractivity contribution is 7.89. The van der Waals surface area contributed by atoms with Crippen molar-refractivity contribution in [3.05, 3.63) is 24.0 Å². The minimum absolute atomic E-state index is 0.0633. The van der Waals surface area contributed by atoms with Crippen molar-refractivity contribution in [3.8, 4) is 5.75 Å². The first-order valence-electron chi connectivity index (χ1n) is 5.54. The van der Waals surface area contributed by atoms with Gasteiger partial charge in [-0.3, -0.25) is 0 Å². The van der Waals surface area contributed by atoms with E-state index in [4.69, 9.17) is 5.73 Å². The second-order valence-electron chi connectivity index (χ2n) is 4.78. The van der Waals surface area contributed by atoms with Crippen LogP contribution in [0.25, 0.3) is 0 Å². The zero-order valence-electron chi connectivity index (χ0n) is 10.9. The van der Waals surface area contributed by atoms with E-state index in [1.807, 2.05) is 0 Å². The van der Waals surface area contributed by atoms with Crippen LogP contribution in [0.15, 0.2) is 23.1 Å². The number of halogens is 3. The Balaban J connectivity index is 2.94.